The molecule has 0 aromatic heterocycles. The third kappa shape index (κ3) is 3.30. The molecule has 8 heteroatoms. The Kier molecular flexibility index (Phi) is 5.64. The Morgan fingerprint density at radius 3 is 2.61 bits per heavy atom. The first-order chi connectivity index (χ1) is 14.6. The fraction of sp³-hybridized carbons (Fsp3) is 0.913. The van der Waals surface area contributed by atoms with Crippen molar-refractivity contribution in [3.63, 3.8) is 0 Å². The maximum absolute atomic E-state index is 12.9. The second-order valence-electron chi connectivity index (χ2n) is 11.0. The predicted molar refractivity (Wildman–Crippen MR) is 113 cm³/mol. The molecule has 9 atom stereocenters. The van der Waals surface area contributed by atoms with Gasteiger partial charge in [-0.25, -0.2) is 0 Å². The normalized spacial score (nSPS) is 48.5. The van der Waals surface area contributed by atoms with Gasteiger partial charge in [-0.05, 0) is 86.0 Å². The molecule has 0 aromatic rings. The van der Waals surface area contributed by atoms with Gasteiger partial charge in [0.15, 0.2) is 6.61 Å². The standard InChI is InChI=1S/C23H35N3O5/c1-13(27)31-12-19(29)23(30)9-7-17-16-5-4-14-10-15(25-26-24)6-8-21(14,2)20(16)18(28)11-22(17,23)3/h14-18,20,28,30H,4-12H2,1-3H3/t14-,15+,16?,17?,18+,20?,21+,22+,23+/m1/s1. The van der Waals surface area contributed by atoms with E-state index in [1.54, 1.807) is 0 Å². The lowest BCUT2D eigenvalue weighted by atomic mass is 9.43. The lowest BCUT2D eigenvalue weighted by Crippen LogP contribution is -2.63. The molecule has 4 aliphatic carbocycles. The molecular weight excluding hydrogens is 398 g/mol. The molecule has 4 saturated carbocycles. The zero-order valence-electron chi connectivity index (χ0n) is 18.8. The van der Waals surface area contributed by atoms with Gasteiger partial charge in [0.2, 0.25) is 5.78 Å². The van der Waals surface area contributed by atoms with Crippen LogP contribution in [0.3, 0.4) is 0 Å². The van der Waals surface area contributed by atoms with Gasteiger partial charge in [-0.15, -0.1) is 0 Å². The van der Waals surface area contributed by atoms with Crippen LogP contribution >= 0.6 is 0 Å². The molecule has 0 amide bonds. The molecule has 0 aromatic carbocycles. The zero-order valence-corrected chi connectivity index (χ0v) is 18.8. The van der Waals surface area contributed by atoms with Crippen molar-refractivity contribution < 1.29 is 24.5 Å². The van der Waals surface area contributed by atoms with E-state index in [1.165, 1.54) is 6.92 Å². The van der Waals surface area contributed by atoms with E-state index in [4.69, 9.17) is 10.3 Å². The van der Waals surface area contributed by atoms with Crippen molar-refractivity contribution >= 4 is 11.8 Å². The van der Waals surface area contributed by atoms with Crippen LogP contribution < -0.4 is 0 Å². The van der Waals surface area contributed by atoms with Crippen molar-refractivity contribution in [2.24, 2.45) is 39.6 Å². The molecule has 0 radical (unpaired) electrons. The third-order valence-corrected chi connectivity index (χ3v) is 9.80. The highest BCUT2D eigenvalue weighted by Crippen LogP contribution is 2.68. The van der Waals surface area contributed by atoms with Crippen LogP contribution in [0.25, 0.3) is 10.4 Å². The molecule has 4 rings (SSSR count). The van der Waals surface area contributed by atoms with E-state index in [9.17, 15) is 19.8 Å². The van der Waals surface area contributed by atoms with E-state index in [0.29, 0.717) is 18.8 Å². The Balaban J connectivity index is 1.60. The summed E-state index contributed by atoms with van der Waals surface area (Å²) < 4.78 is 4.91. The molecule has 0 saturated heterocycles. The molecule has 0 bridgehead atoms. The summed E-state index contributed by atoms with van der Waals surface area (Å²) in [5, 5.41) is 26.9. The smallest absolute Gasteiger partial charge is 0.303 e. The van der Waals surface area contributed by atoms with Gasteiger partial charge in [-0.3, -0.25) is 9.59 Å². The van der Waals surface area contributed by atoms with Crippen LogP contribution in [0.2, 0.25) is 0 Å². The quantitative estimate of drug-likeness (QED) is 0.303. The van der Waals surface area contributed by atoms with Gasteiger partial charge in [-0.1, -0.05) is 19.0 Å². The summed E-state index contributed by atoms with van der Waals surface area (Å²) in [6, 6.07) is 0.0427. The van der Waals surface area contributed by atoms with Gasteiger partial charge in [0.1, 0.15) is 5.60 Å². The number of carbonyl (C=O) groups is 2. The van der Waals surface area contributed by atoms with Gasteiger partial charge in [-0.2, -0.15) is 0 Å². The van der Waals surface area contributed by atoms with Gasteiger partial charge < -0.3 is 14.9 Å². The summed E-state index contributed by atoms with van der Waals surface area (Å²) in [5.41, 5.74) is 6.52. The Hall–Kier alpha value is -1.63. The van der Waals surface area contributed by atoms with Crippen molar-refractivity contribution in [1.29, 1.82) is 0 Å². The molecule has 3 unspecified atom stereocenters. The van der Waals surface area contributed by atoms with Crippen molar-refractivity contribution in [1.82, 2.24) is 0 Å². The molecule has 4 fully saturated rings. The Bertz CT molecular complexity index is 813. The monoisotopic (exact) mass is 433 g/mol. The fourth-order valence-electron chi connectivity index (χ4n) is 8.29. The summed E-state index contributed by atoms with van der Waals surface area (Å²) in [4.78, 5) is 27.1. The average molecular weight is 434 g/mol. The second kappa shape index (κ2) is 7.75. The number of esters is 1. The summed E-state index contributed by atoms with van der Waals surface area (Å²) in [6.45, 7) is 5.07. The van der Waals surface area contributed by atoms with Crippen LogP contribution in [0, 0.1) is 34.5 Å². The number of ether oxygens (including phenoxy) is 1. The lowest BCUT2D eigenvalue weighted by Gasteiger charge is -2.62. The zero-order chi connectivity index (χ0) is 22.6. The number of Topliss-reactive ketones (excluding diaryl/α,β-unsaturated/α-hetero) is 1. The van der Waals surface area contributed by atoms with Crippen molar-refractivity contribution in [2.75, 3.05) is 6.61 Å². The van der Waals surface area contributed by atoms with E-state index < -0.39 is 35.5 Å². The van der Waals surface area contributed by atoms with E-state index in [1.807, 2.05) is 6.92 Å². The molecule has 172 valence electrons. The van der Waals surface area contributed by atoms with Crippen LogP contribution in [0.1, 0.15) is 72.1 Å². The first-order valence-corrected chi connectivity index (χ1v) is 11.7. The Morgan fingerprint density at radius 2 is 1.94 bits per heavy atom. The number of hydrogen-bond donors (Lipinski definition) is 2. The first-order valence-electron chi connectivity index (χ1n) is 11.7. The van der Waals surface area contributed by atoms with E-state index >= 15 is 0 Å². The molecule has 4 aliphatic rings. The van der Waals surface area contributed by atoms with Crippen LogP contribution in [-0.4, -0.2) is 46.3 Å². The number of aliphatic hydroxyl groups excluding tert-OH is 1. The maximum atomic E-state index is 12.9. The number of hydrogen-bond acceptors (Lipinski definition) is 6. The van der Waals surface area contributed by atoms with Gasteiger partial charge >= 0.3 is 5.97 Å². The number of nitrogens with zero attached hydrogens (tertiary/aromatic N) is 3. The van der Waals surface area contributed by atoms with Crippen LogP contribution in [0.15, 0.2) is 5.11 Å². The summed E-state index contributed by atoms with van der Waals surface area (Å²) in [5.74, 6) is -0.0392. The second-order valence-corrected chi connectivity index (χ2v) is 11.0. The van der Waals surface area contributed by atoms with Crippen molar-refractivity contribution in [3.05, 3.63) is 10.4 Å². The molecular formula is C23H35N3O5. The molecule has 2 N–H and O–H groups in total. The number of fused-ring (bicyclic) bond motifs is 5. The average Bonchev–Trinajstić information content (AvgIpc) is 2.98. The topological polar surface area (TPSA) is 133 Å². The molecule has 0 spiro atoms. The van der Waals surface area contributed by atoms with Gasteiger partial charge in [0, 0.05) is 23.3 Å². The SMILES string of the molecule is CC(=O)OCC(=O)[C@@]1(O)CCC2C3CC[C@@H]4C[C@@H](N=[N+]=[N-])CC[C@]4(C)C3[C@@H](O)C[C@@]21C. The van der Waals surface area contributed by atoms with Crippen LogP contribution in [0.4, 0.5) is 0 Å². The van der Waals surface area contributed by atoms with E-state index in [2.05, 4.69) is 16.9 Å². The van der Waals surface area contributed by atoms with E-state index in [-0.39, 0.29) is 29.2 Å². The predicted octanol–water partition coefficient (Wildman–Crippen LogP) is 3.54. The minimum absolute atomic E-state index is 0.0202. The number of carbonyl (C=O) groups excluding carboxylic acids is 2. The maximum Gasteiger partial charge on any atom is 0.303 e. The highest BCUT2D eigenvalue weighted by Gasteiger charge is 2.68. The molecule has 31 heavy (non-hydrogen) atoms. The minimum Gasteiger partial charge on any atom is -0.458 e. The highest BCUT2D eigenvalue weighted by molar-refractivity contribution is 5.90. The number of azide groups is 1. The first kappa shape index (κ1) is 22.6. The third-order valence-electron chi connectivity index (χ3n) is 9.80. The molecule has 8 nitrogen and oxygen atoms in total. The fourth-order valence-corrected chi connectivity index (χ4v) is 8.29. The van der Waals surface area contributed by atoms with E-state index in [0.717, 1.165) is 38.5 Å². The lowest BCUT2D eigenvalue weighted by molar-refractivity contribution is -0.200. The largest absolute Gasteiger partial charge is 0.458 e. The van der Waals surface area contributed by atoms with Crippen molar-refractivity contribution in [2.45, 2.75) is 89.9 Å². The highest BCUT2D eigenvalue weighted by atomic mass is 16.5. The van der Waals surface area contributed by atoms with Crippen LogP contribution in [0.5, 0.6) is 0 Å². The summed E-state index contributed by atoms with van der Waals surface area (Å²) in [6.07, 6.45) is 5.51. The molecule has 0 aliphatic heterocycles. The number of ketones is 1. The minimum atomic E-state index is -1.57. The Labute approximate surface area is 183 Å². The van der Waals surface area contributed by atoms with Crippen molar-refractivity contribution in [3.8, 4) is 0 Å². The van der Waals surface area contributed by atoms with Crippen LogP contribution in [-0.2, 0) is 14.3 Å². The Morgan fingerprint density at radius 1 is 1.19 bits per heavy atom. The van der Waals surface area contributed by atoms with Gasteiger partial charge in [0.05, 0.1) is 6.10 Å². The number of rotatable bonds is 4. The summed E-state index contributed by atoms with van der Waals surface area (Å²) in [7, 11) is 0. The molecule has 0 heterocycles. The summed E-state index contributed by atoms with van der Waals surface area (Å²) >= 11 is 0. The number of aliphatic hydroxyl groups is 2. The van der Waals surface area contributed by atoms with Gasteiger partial charge in [0.25, 0.3) is 0 Å².